The van der Waals surface area contributed by atoms with Gasteiger partial charge in [0.25, 0.3) is 0 Å². The number of rotatable bonds is 5. The van der Waals surface area contributed by atoms with E-state index in [2.05, 4.69) is 15.6 Å². The maximum atomic E-state index is 13.6. The minimum Gasteiger partial charge on any atom is -0.304 e. The molecule has 0 aliphatic rings. The molecule has 0 aliphatic heterocycles. The normalized spacial score (nSPS) is 10.6. The standard InChI is InChI=1S/C14H16FN3OS/c1-9-3-4-11(12(15)5-9)6-16-7-13(19)18-14-17-10(2)8-20-14/h3-5,8,16H,6-7H2,1-2H3,(H,17,18,19). The molecule has 2 N–H and O–H groups in total. The molecule has 0 unspecified atom stereocenters. The lowest BCUT2D eigenvalue weighted by Crippen LogP contribution is -2.28. The van der Waals surface area contributed by atoms with Gasteiger partial charge in [-0.1, -0.05) is 12.1 Å². The third kappa shape index (κ3) is 4.11. The molecule has 1 heterocycles. The molecule has 1 amide bonds. The van der Waals surface area contributed by atoms with Gasteiger partial charge >= 0.3 is 0 Å². The van der Waals surface area contributed by atoms with Crippen LogP contribution in [-0.4, -0.2) is 17.4 Å². The van der Waals surface area contributed by atoms with Gasteiger partial charge in [-0.25, -0.2) is 9.37 Å². The van der Waals surface area contributed by atoms with Crippen LogP contribution in [0.2, 0.25) is 0 Å². The summed E-state index contributed by atoms with van der Waals surface area (Å²) in [6.45, 7) is 4.14. The van der Waals surface area contributed by atoms with Crippen LogP contribution in [0.25, 0.3) is 0 Å². The Morgan fingerprint density at radius 3 is 2.85 bits per heavy atom. The van der Waals surface area contributed by atoms with E-state index < -0.39 is 0 Å². The number of aromatic nitrogens is 1. The number of hydrogen-bond donors (Lipinski definition) is 2. The molecule has 0 aliphatic carbocycles. The minimum atomic E-state index is -0.256. The van der Waals surface area contributed by atoms with Gasteiger partial charge in [-0.05, 0) is 25.5 Å². The number of anilines is 1. The van der Waals surface area contributed by atoms with Gasteiger partial charge < -0.3 is 10.6 Å². The summed E-state index contributed by atoms with van der Waals surface area (Å²) in [4.78, 5) is 15.8. The topological polar surface area (TPSA) is 54.0 Å². The van der Waals surface area contributed by atoms with Crippen LogP contribution in [0.4, 0.5) is 9.52 Å². The zero-order chi connectivity index (χ0) is 14.5. The van der Waals surface area contributed by atoms with Crippen molar-refractivity contribution in [2.24, 2.45) is 0 Å². The van der Waals surface area contributed by atoms with E-state index in [1.165, 1.54) is 17.4 Å². The summed E-state index contributed by atoms with van der Waals surface area (Å²) >= 11 is 1.38. The van der Waals surface area contributed by atoms with Crippen molar-refractivity contribution in [1.29, 1.82) is 0 Å². The highest BCUT2D eigenvalue weighted by molar-refractivity contribution is 7.13. The van der Waals surface area contributed by atoms with Crippen molar-refractivity contribution in [1.82, 2.24) is 10.3 Å². The Morgan fingerprint density at radius 2 is 2.20 bits per heavy atom. The number of carbonyl (C=O) groups is 1. The van der Waals surface area contributed by atoms with E-state index in [1.807, 2.05) is 25.3 Å². The average molecular weight is 293 g/mol. The van der Waals surface area contributed by atoms with Gasteiger partial charge in [-0.3, -0.25) is 4.79 Å². The first-order valence-electron chi connectivity index (χ1n) is 6.22. The quantitative estimate of drug-likeness (QED) is 0.891. The molecule has 0 spiro atoms. The van der Waals surface area contributed by atoms with Crippen LogP contribution in [0, 0.1) is 19.7 Å². The predicted octanol–water partition coefficient (Wildman–Crippen LogP) is 2.63. The molecule has 106 valence electrons. The summed E-state index contributed by atoms with van der Waals surface area (Å²) in [7, 11) is 0. The van der Waals surface area contributed by atoms with Gasteiger partial charge in [0.05, 0.1) is 12.2 Å². The van der Waals surface area contributed by atoms with Crippen LogP contribution in [0.3, 0.4) is 0 Å². The lowest BCUT2D eigenvalue weighted by Gasteiger charge is -2.06. The summed E-state index contributed by atoms with van der Waals surface area (Å²) in [6, 6.07) is 5.05. The summed E-state index contributed by atoms with van der Waals surface area (Å²) in [5.74, 6) is -0.444. The van der Waals surface area contributed by atoms with Crippen LogP contribution >= 0.6 is 11.3 Å². The van der Waals surface area contributed by atoms with Crippen molar-refractivity contribution in [2.45, 2.75) is 20.4 Å². The molecule has 0 atom stereocenters. The molecule has 0 fully saturated rings. The molecular formula is C14H16FN3OS. The van der Waals surface area contributed by atoms with E-state index in [9.17, 15) is 9.18 Å². The zero-order valence-electron chi connectivity index (χ0n) is 11.4. The number of thiazole rings is 1. The Kier molecular flexibility index (Phi) is 4.81. The van der Waals surface area contributed by atoms with Crippen molar-refractivity contribution in [3.63, 3.8) is 0 Å². The van der Waals surface area contributed by atoms with Crippen molar-refractivity contribution in [3.05, 3.63) is 46.2 Å². The van der Waals surface area contributed by atoms with Crippen LogP contribution in [0.15, 0.2) is 23.6 Å². The number of hydrogen-bond acceptors (Lipinski definition) is 4. The van der Waals surface area contributed by atoms with Gasteiger partial charge in [0, 0.05) is 17.5 Å². The third-order valence-electron chi connectivity index (χ3n) is 2.67. The van der Waals surface area contributed by atoms with E-state index in [4.69, 9.17) is 0 Å². The lowest BCUT2D eigenvalue weighted by molar-refractivity contribution is -0.115. The van der Waals surface area contributed by atoms with Gasteiger partial charge in [0.2, 0.25) is 5.91 Å². The largest absolute Gasteiger partial charge is 0.304 e. The Bertz CT molecular complexity index is 612. The first-order valence-corrected chi connectivity index (χ1v) is 7.10. The smallest absolute Gasteiger partial charge is 0.240 e. The minimum absolute atomic E-state index is 0.117. The highest BCUT2D eigenvalue weighted by Gasteiger charge is 2.06. The first kappa shape index (κ1) is 14.6. The molecule has 2 aromatic rings. The SMILES string of the molecule is Cc1ccc(CNCC(=O)Nc2nc(C)cs2)c(F)c1. The Hall–Kier alpha value is -1.79. The molecule has 1 aromatic heterocycles. The van der Waals surface area contributed by atoms with E-state index in [-0.39, 0.29) is 18.3 Å². The van der Waals surface area contributed by atoms with E-state index in [1.54, 1.807) is 6.07 Å². The van der Waals surface area contributed by atoms with Crippen molar-refractivity contribution in [2.75, 3.05) is 11.9 Å². The van der Waals surface area contributed by atoms with Gasteiger partial charge in [0.1, 0.15) is 5.82 Å². The van der Waals surface area contributed by atoms with Crippen molar-refractivity contribution in [3.8, 4) is 0 Å². The van der Waals surface area contributed by atoms with Gasteiger partial charge in [-0.2, -0.15) is 0 Å². The maximum absolute atomic E-state index is 13.6. The van der Waals surface area contributed by atoms with Gasteiger partial charge in [-0.15, -0.1) is 11.3 Å². The van der Waals surface area contributed by atoms with Crippen LogP contribution in [0.5, 0.6) is 0 Å². The molecular weight excluding hydrogens is 277 g/mol. The maximum Gasteiger partial charge on any atom is 0.240 e. The fourth-order valence-electron chi connectivity index (χ4n) is 1.68. The second-order valence-electron chi connectivity index (χ2n) is 4.54. The molecule has 6 heteroatoms. The fraction of sp³-hybridized carbons (Fsp3) is 0.286. The summed E-state index contributed by atoms with van der Waals surface area (Å²) in [5.41, 5.74) is 2.30. The number of nitrogens with zero attached hydrogens (tertiary/aromatic N) is 1. The lowest BCUT2D eigenvalue weighted by atomic mass is 10.1. The molecule has 0 radical (unpaired) electrons. The molecule has 0 bridgehead atoms. The first-order chi connectivity index (χ1) is 9.54. The monoisotopic (exact) mass is 293 g/mol. The summed E-state index contributed by atoms with van der Waals surface area (Å²) in [5, 5.41) is 8.04. The molecule has 2 rings (SSSR count). The summed E-state index contributed by atoms with van der Waals surface area (Å²) in [6.07, 6.45) is 0. The van der Waals surface area contributed by atoms with Crippen LogP contribution in [-0.2, 0) is 11.3 Å². The second kappa shape index (κ2) is 6.58. The van der Waals surface area contributed by atoms with E-state index in [0.29, 0.717) is 17.2 Å². The number of carbonyl (C=O) groups excluding carboxylic acids is 1. The zero-order valence-corrected chi connectivity index (χ0v) is 12.2. The number of nitrogens with one attached hydrogen (secondary N) is 2. The predicted molar refractivity (Wildman–Crippen MR) is 78.3 cm³/mol. The van der Waals surface area contributed by atoms with E-state index >= 15 is 0 Å². The fourth-order valence-corrected chi connectivity index (χ4v) is 2.39. The van der Waals surface area contributed by atoms with Crippen LogP contribution in [0.1, 0.15) is 16.8 Å². The molecule has 1 aromatic carbocycles. The number of benzene rings is 1. The Morgan fingerprint density at radius 1 is 1.40 bits per heavy atom. The molecule has 20 heavy (non-hydrogen) atoms. The second-order valence-corrected chi connectivity index (χ2v) is 5.40. The molecule has 4 nitrogen and oxygen atoms in total. The number of amides is 1. The highest BCUT2D eigenvalue weighted by atomic mass is 32.1. The summed E-state index contributed by atoms with van der Waals surface area (Å²) < 4.78 is 13.6. The Labute approximate surface area is 121 Å². The number of aryl methyl sites for hydroxylation is 2. The van der Waals surface area contributed by atoms with Crippen LogP contribution < -0.4 is 10.6 Å². The highest BCUT2D eigenvalue weighted by Crippen LogP contribution is 2.14. The molecule has 0 saturated carbocycles. The Balaban J connectivity index is 1.79. The van der Waals surface area contributed by atoms with Gasteiger partial charge in [0.15, 0.2) is 5.13 Å². The van der Waals surface area contributed by atoms with E-state index in [0.717, 1.165) is 11.3 Å². The number of halogens is 1. The average Bonchev–Trinajstić information content (AvgIpc) is 2.77. The molecule has 0 saturated heterocycles. The third-order valence-corrected chi connectivity index (χ3v) is 3.55. The van der Waals surface area contributed by atoms with Crippen molar-refractivity contribution >= 4 is 22.4 Å². The van der Waals surface area contributed by atoms with Crippen molar-refractivity contribution < 1.29 is 9.18 Å².